The summed E-state index contributed by atoms with van der Waals surface area (Å²) >= 11 is 0. The second-order valence-electron chi connectivity index (χ2n) is 2.78. The Bertz CT molecular complexity index is 332. The van der Waals surface area contributed by atoms with Crippen LogP contribution in [-0.2, 0) is 9.59 Å². The summed E-state index contributed by atoms with van der Waals surface area (Å²) in [7, 11) is 1.46. The molecule has 0 aliphatic carbocycles. The SMILES string of the molecule is CN1CC(=O)N(CC(=O)NC#N)C1=O. The van der Waals surface area contributed by atoms with Gasteiger partial charge in [0, 0.05) is 7.05 Å². The lowest BCUT2D eigenvalue weighted by Crippen LogP contribution is -2.39. The van der Waals surface area contributed by atoms with Crippen LogP contribution in [0.15, 0.2) is 0 Å². The fraction of sp³-hybridized carbons (Fsp3) is 0.429. The number of imide groups is 1. The molecule has 0 atom stereocenters. The van der Waals surface area contributed by atoms with Crippen LogP contribution in [0.2, 0.25) is 0 Å². The number of nitriles is 1. The van der Waals surface area contributed by atoms with Crippen LogP contribution in [0.1, 0.15) is 0 Å². The van der Waals surface area contributed by atoms with Gasteiger partial charge < -0.3 is 4.90 Å². The highest BCUT2D eigenvalue weighted by Gasteiger charge is 2.34. The Morgan fingerprint density at radius 1 is 1.64 bits per heavy atom. The third-order valence-electron chi connectivity index (χ3n) is 1.73. The molecule has 74 valence electrons. The van der Waals surface area contributed by atoms with Gasteiger partial charge in [-0.05, 0) is 0 Å². The molecule has 4 amide bonds. The number of hydrogen-bond acceptors (Lipinski definition) is 4. The van der Waals surface area contributed by atoms with E-state index in [2.05, 4.69) is 0 Å². The van der Waals surface area contributed by atoms with Gasteiger partial charge in [-0.2, -0.15) is 5.26 Å². The Kier molecular flexibility index (Phi) is 2.67. The first-order valence-electron chi connectivity index (χ1n) is 3.79. The molecule has 0 unspecified atom stereocenters. The van der Waals surface area contributed by atoms with Gasteiger partial charge in [0.15, 0.2) is 6.19 Å². The second-order valence-corrected chi connectivity index (χ2v) is 2.78. The van der Waals surface area contributed by atoms with E-state index in [1.807, 2.05) is 5.32 Å². The van der Waals surface area contributed by atoms with Gasteiger partial charge in [0.2, 0.25) is 0 Å². The van der Waals surface area contributed by atoms with Crippen LogP contribution in [-0.4, -0.2) is 47.8 Å². The van der Waals surface area contributed by atoms with E-state index in [1.165, 1.54) is 18.1 Å². The molecule has 1 aliphatic heterocycles. The standard InChI is InChI=1S/C7H8N4O3/c1-10-3-6(13)11(7(10)14)2-5(12)9-4-8/h2-3H2,1H3,(H,9,12). The highest BCUT2D eigenvalue weighted by atomic mass is 16.2. The predicted molar refractivity (Wildman–Crippen MR) is 43.5 cm³/mol. The summed E-state index contributed by atoms with van der Waals surface area (Å²) in [6.45, 7) is -0.436. The molecule has 1 N–H and O–H groups in total. The number of carbonyl (C=O) groups excluding carboxylic acids is 3. The Balaban J connectivity index is 2.62. The number of carbonyl (C=O) groups is 3. The second kappa shape index (κ2) is 3.74. The van der Waals surface area contributed by atoms with Crippen LogP contribution in [0, 0.1) is 11.5 Å². The van der Waals surface area contributed by atoms with Crippen LogP contribution in [0.4, 0.5) is 4.79 Å². The van der Waals surface area contributed by atoms with Crippen molar-refractivity contribution < 1.29 is 14.4 Å². The molecule has 0 saturated carbocycles. The topological polar surface area (TPSA) is 93.5 Å². The predicted octanol–water partition coefficient (Wildman–Crippen LogP) is -1.52. The Labute approximate surface area is 79.9 Å². The van der Waals surface area contributed by atoms with E-state index in [0.717, 1.165) is 4.90 Å². The average molecular weight is 196 g/mol. The Morgan fingerprint density at radius 2 is 2.29 bits per heavy atom. The number of urea groups is 1. The van der Waals surface area contributed by atoms with Gasteiger partial charge in [-0.1, -0.05) is 0 Å². The first kappa shape index (κ1) is 9.98. The van der Waals surface area contributed by atoms with E-state index in [-0.39, 0.29) is 6.54 Å². The summed E-state index contributed by atoms with van der Waals surface area (Å²) in [6.07, 6.45) is 1.42. The largest absolute Gasteiger partial charge is 0.327 e. The molecule has 1 heterocycles. The molecule has 1 saturated heterocycles. The Morgan fingerprint density at radius 3 is 2.71 bits per heavy atom. The van der Waals surface area contributed by atoms with Crippen molar-refractivity contribution in [1.82, 2.24) is 15.1 Å². The maximum Gasteiger partial charge on any atom is 0.327 e. The van der Waals surface area contributed by atoms with Crippen molar-refractivity contribution in [2.45, 2.75) is 0 Å². The summed E-state index contributed by atoms with van der Waals surface area (Å²) < 4.78 is 0. The minimum absolute atomic E-state index is 0.0291. The van der Waals surface area contributed by atoms with Gasteiger partial charge >= 0.3 is 6.03 Å². The van der Waals surface area contributed by atoms with Crippen molar-refractivity contribution in [1.29, 1.82) is 5.26 Å². The lowest BCUT2D eigenvalue weighted by molar-refractivity contribution is -0.130. The quantitative estimate of drug-likeness (QED) is 0.329. The zero-order chi connectivity index (χ0) is 10.7. The molecular weight excluding hydrogens is 188 g/mol. The van der Waals surface area contributed by atoms with Crippen molar-refractivity contribution in [3.63, 3.8) is 0 Å². The molecule has 14 heavy (non-hydrogen) atoms. The van der Waals surface area contributed by atoms with Crippen molar-refractivity contribution in [3.05, 3.63) is 0 Å². The molecule has 0 spiro atoms. The van der Waals surface area contributed by atoms with Crippen molar-refractivity contribution in [2.24, 2.45) is 0 Å². The lowest BCUT2D eigenvalue weighted by atomic mass is 10.5. The van der Waals surface area contributed by atoms with E-state index in [0.29, 0.717) is 0 Å². The van der Waals surface area contributed by atoms with Gasteiger partial charge in [-0.3, -0.25) is 19.8 Å². The van der Waals surface area contributed by atoms with Crippen LogP contribution >= 0.6 is 0 Å². The smallest absolute Gasteiger partial charge is 0.318 e. The maximum atomic E-state index is 11.2. The van der Waals surface area contributed by atoms with Crippen LogP contribution in [0.3, 0.4) is 0 Å². The van der Waals surface area contributed by atoms with Gasteiger partial charge in [-0.25, -0.2) is 4.79 Å². The van der Waals surface area contributed by atoms with E-state index in [4.69, 9.17) is 5.26 Å². The number of hydrogen-bond donors (Lipinski definition) is 1. The van der Waals surface area contributed by atoms with Crippen molar-refractivity contribution in [3.8, 4) is 6.19 Å². The summed E-state index contributed by atoms with van der Waals surface area (Å²) in [6, 6.07) is -0.525. The molecule has 0 aromatic heterocycles. The van der Waals surface area contributed by atoms with Crippen LogP contribution in [0.25, 0.3) is 0 Å². The summed E-state index contributed by atoms with van der Waals surface area (Å²) in [5, 5.41) is 9.94. The first-order chi connectivity index (χ1) is 6.56. The van der Waals surface area contributed by atoms with E-state index >= 15 is 0 Å². The number of rotatable bonds is 2. The van der Waals surface area contributed by atoms with Crippen molar-refractivity contribution in [2.75, 3.05) is 20.1 Å². The van der Waals surface area contributed by atoms with Crippen molar-refractivity contribution >= 4 is 17.8 Å². The zero-order valence-electron chi connectivity index (χ0n) is 7.48. The van der Waals surface area contributed by atoms with Crippen LogP contribution in [0.5, 0.6) is 0 Å². The van der Waals surface area contributed by atoms with Gasteiger partial charge in [0.05, 0.1) is 0 Å². The number of nitrogens with one attached hydrogen (secondary N) is 1. The van der Waals surface area contributed by atoms with Gasteiger partial charge in [0.1, 0.15) is 13.1 Å². The minimum Gasteiger partial charge on any atom is -0.318 e. The molecule has 0 aromatic rings. The van der Waals surface area contributed by atoms with E-state index < -0.39 is 24.4 Å². The first-order valence-corrected chi connectivity index (χ1v) is 3.79. The Hall–Kier alpha value is -2.10. The minimum atomic E-state index is -0.676. The van der Waals surface area contributed by atoms with Gasteiger partial charge in [-0.15, -0.1) is 0 Å². The molecular formula is C7H8N4O3. The van der Waals surface area contributed by atoms with E-state index in [1.54, 1.807) is 0 Å². The fourth-order valence-corrected chi connectivity index (χ4v) is 1.07. The average Bonchev–Trinajstić information content (AvgIpc) is 2.33. The normalized spacial score (nSPS) is 15.7. The molecule has 0 aromatic carbocycles. The molecule has 1 rings (SSSR count). The van der Waals surface area contributed by atoms with Gasteiger partial charge in [0.25, 0.3) is 11.8 Å². The zero-order valence-corrected chi connectivity index (χ0v) is 7.48. The third-order valence-corrected chi connectivity index (χ3v) is 1.73. The maximum absolute atomic E-state index is 11.2. The molecule has 7 heteroatoms. The highest BCUT2D eigenvalue weighted by molar-refractivity contribution is 6.04. The molecule has 0 bridgehead atoms. The highest BCUT2D eigenvalue weighted by Crippen LogP contribution is 2.06. The third kappa shape index (κ3) is 1.80. The lowest BCUT2D eigenvalue weighted by Gasteiger charge is -2.11. The number of likely N-dealkylation sites (N-methyl/N-ethyl adjacent to an activating group) is 1. The molecule has 1 aliphatic rings. The molecule has 1 fully saturated rings. The van der Waals surface area contributed by atoms with E-state index in [9.17, 15) is 14.4 Å². The summed E-state index contributed by atoms with van der Waals surface area (Å²) in [4.78, 5) is 35.3. The molecule has 7 nitrogen and oxygen atoms in total. The monoisotopic (exact) mass is 196 g/mol. The number of nitrogens with zero attached hydrogens (tertiary/aromatic N) is 3. The fourth-order valence-electron chi connectivity index (χ4n) is 1.07. The summed E-state index contributed by atoms with van der Waals surface area (Å²) in [5.41, 5.74) is 0. The molecule has 0 radical (unpaired) electrons. The summed E-state index contributed by atoms with van der Waals surface area (Å²) in [5.74, 6) is -1.12. The number of amides is 4. The van der Waals surface area contributed by atoms with Crippen LogP contribution < -0.4 is 5.32 Å².